The molecule has 0 unspecified atom stereocenters. The van der Waals surface area contributed by atoms with Crippen LogP contribution in [0.2, 0.25) is 0 Å². The predicted octanol–water partition coefficient (Wildman–Crippen LogP) is 4.39. The number of aromatic nitrogens is 2. The Bertz CT molecular complexity index is 678. The van der Waals surface area contributed by atoms with Crippen molar-refractivity contribution in [2.75, 3.05) is 5.32 Å². The molecule has 0 saturated carbocycles. The van der Waals surface area contributed by atoms with Crippen LogP contribution >= 0.6 is 27.3 Å². The third-order valence-corrected chi connectivity index (χ3v) is 4.42. The van der Waals surface area contributed by atoms with Gasteiger partial charge in [-0.25, -0.2) is 4.98 Å². The van der Waals surface area contributed by atoms with Crippen molar-refractivity contribution in [3.05, 3.63) is 51.2 Å². The summed E-state index contributed by atoms with van der Waals surface area (Å²) in [6.45, 7) is 4.95. The average molecular weight is 336 g/mol. The van der Waals surface area contributed by atoms with E-state index in [0.29, 0.717) is 0 Å². The fourth-order valence-electron chi connectivity index (χ4n) is 2.18. The van der Waals surface area contributed by atoms with Gasteiger partial charge < -0.3 is 5.32 Å². The molecule has 0 spiro atoms. The molecule has 0 aliphatic rings. The van der Waals surface area contributed by atoms with Crippen LogP contribution in [0.5, 0.6) is 0 Å². The van der Waals surface area contributed by atoms with Crippen molar-refractivity contribution in [2.24, 2.45) is 0 Å². The van der Waals surface area contributed by atoms with E-state index in [9.17, 15) is 0 Å². The van der Waals surface area contributed by atoms with Crippen molar-refractivity contribution in [3.63, 3.8) is 0 Å². The number of anilines is 1. The Kier molecular flexibility index (Phi) is 3.33. The third-order valence-electron chi connectivity index (χ3n) is 3.02. The van der Waals surface area contributed by atoms with Crippen molar-refractivity contribution in [3.8, 4) is 0 Å². The van der Waals surface area contributed by atoms with Crippen LogP contribution in [0.3, 0.4) is 0 Å². The summed E-state index contributed by atoms with van der Waals surface area (Å²) >= 11 is 5.27. The molecular formula is C14H14BrN3S. The molecule has 0 fully saturated rings. The van der Waals surface area contributed by atoms with Crippen molar-refractivity contribution in [1.82, 2.24) is 9.38 Å². The number of hydrogen-bond acceptors (Lipinski definition) is 3. The van der Waals surface area contributed by atoms with E-state index >= 15 is 0 Å². The van der Waals surface area contributed by atoms with Gasteiger partial charge in [0.05, 0.1) is 17.9 Å². The number of fused-ring (bicyclic) bond motifs is 1. The van der Waals surface area contributed by atoms with Crippen molar-refractivity contribution >= 4 is 37.9 Å². The lowest BCUT2D eigenvalue weighted by Crippen LogP contribution is -2.02. The van der Waals surface area contributed by atoms with E-state index in [-0.39, 0.29) is 0 Å². The van der Waals surface area contributed by atoms with Gasteiger partial charge in [0.2, 0.25) is 0 Å². The normalized spacial score (nSPS) is 11.1. The number of rotatable bonds is 3. The van der Waals surface area contributed by atoms with Gasteiger partial charge in [0.15, 0.2) is 4.96 Å². The summed E-state index contributed by atoms with van der Waals surface area (Å²) in [7, 11) is 0. The van der Waals surface area contributed by atoms with E-state index in [0.717, 1.165) is 27.4 Å². The molecule has 1 aromatic carbocycles. The number of halogens is 1. The lowest BCUT2D eigenvalue weighted by atomic mass is 10.1. The Morgan fingerprint density at radius 2 is 2.21 bits per heavy atom. The Morgan fingerprint density at radius 3 is 2.95 bits per heavy atom. The minimum Gasteiger partial charge on any atom is -0.378 e. The first-order valence-corrected chi connectivity index (χ1v) is 7.72. The molecule has 0 aliphatic heterocycles. The van der Waals surface area contributed by atoms with Crippen molar-refractivity contribution in [2.45, 2.75) is 20.4 Å². The van der Waals surface area contributed by atoms with E-state index in [1.165, 1.54) is 11.1 Å². The molecule has 2 heterocycles. The minimum absolute atomic E-state index is 0.733. The van der Waals surface area contributed by atoms with Crippen LogP contribution in [-0.2, 0) is 6.54 Å². The average Bonchev–Trinajstić information content (AvgIpc) is 2.87. The second-order valence-electron chi connectivity index (χ2n) is 4.62. The van der Waals surface area contributed by atoms with Gasteiger partial charge in [-0.3, -0.25) is 4.40 Å². The van der Waals surface area contributed by atoms with Gasteiger partial charge in [-0.15, -0.1) is 11.3 Å². The van der Waals surface area contributed by atoms with Crippen molar-refractivity contribution in [1.29, 1.82) is 0 Å². The summed E-state index contributed by atoms with van der Waals surface area (Å²) in [4.78, 5) is 5.61. The Labute approximate surface area is 124 Å². The number of thiazole rings is 1. The van der Waals surface area contributed by atoms with Crippen LogP contribution in [0.1, 0.15) is 16.8 Å². The van der Waals surface area contributed by atoms with Gasteiger partial charge in [0.1, 0.15) is 0 Å². The topological polar surface area (TPSA) is 29.3 Å². The molecule has 19 heavy (non-hydrogen) atoms. The maximum absolute atomic E-state index is 4.57. The smallest absolute Gasteiger partial charge is 0.193 e. The first kappa shape index (κ1) is 12.7. The number of nitrogens with one attached hydrogen (secondary N) is 1. The standard InChI is InChI=1S/C14H14BrN3S/c1-9-5-10(2)13(12(15)6-9)16-7-11-8-18-3-4-19-14(18)17-11/h3-6,8,16H,7H2,1-2H3. The van der Waals surface area contributed by atoms with E-state index in [1.54, 1.807) is 11.3 Å². The second-order valence-corrected chi connectivity index (χ2v) is 6.34. The SMILES string of the molecule is Cc1cc(C)c(NCc2cn3ccsc3n2)c(Br)c1. The summed E-state index contributed by atoms with van der Waals surface area (Å²) in [5.41, 5.74) is 4.70. The van der Waals surface area contributed by atoms with Gasteiger partial charge in [-0.05, 0) is 47.0 Å². The largest absolute Gasteiger partial charge is 0.378 e. The summed E-state index contributed by atoms with van der Waals surface area (Å²) in [6, 6.07) is 4.31. The molecule has 0 atom stereocenters. The summed E-state index contributed by atoms with van der Waals surface area (Å²) in [5.74, 6) is 0. The van der Waals surface area contributed by atoms with E-state index in [4.69, 9.17) is 0 Å². The zero-order valence-corrected chi connectivity index (χ0v) is 13.2. The quantitative estimate of drug-likeness (QED) is 0.769. The zero-order valence-electron chi connectivity index (χ0n) is 10.8. The molecule has 1 N–H and O–H groups in total. The number of aryl methyl sites for hydroxylation is 2. The molecule has 2 aromatic heterocycles. The van der Waals surface area contributed by atoms with Gasteiger partial charge in [-0.1, -0.05) is 6.07 Å². The van der Waals surface area contributed by atoms with Crippen LogP contribution in [0.25, 0.3) is 4.96 Å². The summed E-state index contributed by atoms with van der Waals surface area (Å²) in [5, 5.41) is 5.50. The molecule has 0 radical (unpaired) electrons. The molecule has 3 nitrogen and oxygen atoms in total. The molecule has 0 bridgehead atoms. The summed E-state index contributed by atoms with van der Waals surface area (Å²) < 4.78 is 3.16. The monoisotopic (exact) mass is 335 g/mol. The van der Waals surface area contributed by atoms with Gasteiger partial charge >= 0.3 is 0 Å². The van der Waals surface area contributed by atoms with Crippen LogP contribution in [0.4, 0.5) is 5.69 Å². The highest BCUT2D eigenvalue weighted by atomic mass is 79.9. The highest BCUT2D eigenvalue weighted by Gasteiger charge is 2.07. The number of hydrogen-bond donors (Lipinski definition) is 1. The zero-order chi connectivity index (χ0) is 13.4. The molecule has 3 rings (SSSR count). The minimum atomic E-state index is 0.733. The Hall–Kier alpha value is -1.33. The molecule has 3 aromatic rings. The fraction of sp³-hybridized carbons (Fsp3) is 0.214. The number of nitrogens with zero attached hydrogens (tertiary/aromatic N) is 2. The van der Waals surface area contributed by atoms with Gasteiger partial charge in [0, 0.05) is 22.2 Å². The van der Waals surface area contributed by atoms with E-state index in [1.807, 2.05) is 11.6 Å². The van der Waals surface area contributed by atoms with Gasteiger partial charge in [0.25, 0.3) is 0 Å². The van der Waals surface area contributed by atoms with Crippen LogP contribution in [-0.4, -0.2) is 9.38 Å². The predicted molar refractivity (Wildman–Crippen MR) is 84.0 cm³/mol. The van der Waals surface area contributed by atoms with E-state index < -0.39 is 0 Å². The Morgan fingerprint density at radius 1 is 1.37 bits per heavy atom. The van der Waals surface area contributed by atoms with Crippen LogP contribution in [0, 0.1) is 13.8 Å². The summed E-state index contributed by atoms with van der Waals surface area (Å²) in [6.07, 6.45) is 4.10. The lowest BCUT2D eigenvalue weighted by Gasteiger charge is -2.11. The third kappa shape index (κ3) is 2.53. The maximum atomic E-state index is 4.57. The highest BCUT2D eigenvalue weighted by molar-refractivity contribution is 9.10. The van der Waals surface area contributed by atoms with E-state index in [2.05, 4.69) is 62.8 Å². The maximum Gasteiger partial charge on any atom is 0.193 e. The number of benzene rings is 1. The molecule has 0 aliphatic carbocycles. The van der Waals surface area contributed by atoms with Crippen LogP contribution < -0.4 is 5.32 Å². The molecular weight excluding hydrogens is 322 g/mol. The van der Waals surface area contributed by atoms with Gasteiger partial charge in [-0.2, -0.15) is 0 Å². The highest BCUT2D eigenvalue weighted by Crippen LogP contribution is 2.28. The lowest BCUT2D eigenvalue weighted by molar-refractivity contribution is 1.07. The van der Waals surface area contributed by atoms with Crippen LogP contribution in [0.15, 0.2) is 34.4 Å². The molecule has 0 amide bonds. The number of imidazole rings is 1. The Balaban J connectivity index is 1.81. The molecule has 98 valence electrons. The fourth-order valence-corrected chi connectivity index (χ4v) is 3.71. The second kappa shape index (κ2) is 4.98. The molecule has 0 saturated heterocycles. The molecule has 5 heteroatoms. The van der Waals surface area contributed by atoms with Crippen molar-refractivity contribution < 1.29 is 0 Å². The first-order chi connectivity index (χ1) is 9.13. The first-order valence-electron chi connectivity index (χ1n) is 6.05.